The van der Waals surface area contributed by atoms with Crippen molar-refractivity contribution in [2.24, 2.45) is 0 Å². The zero-order valence-corrected chi connectivity index (χ0v) is 9.75. The molecule has 0 spiro atoms. The fourth-order valence-electron chi connectivity index (χ4n) is 2.28. The maximum absolute atomic E-state index is 5.92. The summed E-state index contributed by atoms with van der Waals surface area (Å²) in [5.41, 5.74) is 2.20. The van der Waals surface area contributed by atoms with Gasteiger partial charge in [-0.05, 0) is 50.5 Å². The SMILES string of the molecule is CC1(C)C=Cc2c(ccc3c2OCCC3)O1. The van der Waals surface area contributed by atoms with E-state index in [0.717, 1.165) is 36.5 Å². The summed E-state index contributed by atoms with van der Waals surface area (Å²) >= 11 is 0. The number of hydrogen-bond donors (Lipinski definition) is 0. The predicted octanol–water partition coefficient (Wildman–Crippen LogP) is 3.20. The number of benzene rings is 1. The first kappa shape index (κ1) is 9.76. The summed E-state index contributed by atoms with van der Waals surface area (Å²) in [7, 11) is 0. The maximum atomic E-state index is 5.92. The molecule has 2 heteroatoms. The molecular weight excluding hydrogens is 200 g/mol. The molecular formula is C14H16O2. The van der Waals surface area contributed by atoms with Gasteiger partial charge >= 0.3 is 0 Å². The van der Waals surface area contributed by atoms with E-state index in [4.69, 9.17) is 9.47 Å². The van der Waals surface area contributed by atoms with Crippen LogP contribution in [0.3, 0.4) is 0 Å². The third-order valence-electron chi connectivity index (χ3n) is 3.10. The highest BCUT2D eigenvalue weighted by Gasteiger charge is 2.25. The fraction of sp³-hybridized carbons (Fsp3) is 0.429. The van der Waals surface area contributed by atoms with Crippen LogP contribution in [0.1, 0.15) is 31.4 Å². The molecule has 2 heterocycles. The molecule has 2 aliphatic rings. The number of ether oxygens (including phenoxy) is 2. The molecule has 2 aliphatic heterocycles. The topological polar surface area (TPSA) is 18.5 Å². The first-order valence-corrected chi connectivity index (χ1v) is 5.83. The van der Waals surface area contributed by atoms with Crippen LogP contribution in [0.2, 0.25) is 0 Å². The van der Waals surface area contributed by atoms with Crippen molar-refractivity contribution >= 4 is 6.08 Å². The molecule has 0 saturated heterocycles. The zero-order chi connectivity index (χ0) is 11.2. The average molecular weight is 216 g/mol. The molecule has 0 N–H and O–H groups in total. The molecule has 0 unspecified atom stereocenters. The van der Waals surface area contributed by atoms with Crippen molar-refractivity contribution in [3.63, 3.8) is 0 Å². The first-order valence-electron chi connectivity index (χ1n) is 5.83. The number of aryl methyl sites for hydroxylation is 1. The standard InChI is InChI=1S/C14H16O2/c1-14(2)8-7-11-12(16-14)6-5-10-4-3-9-15-13(10)11/h5-8H,3-4,9H2,1-2H3. The lowest BCUT2D eigenvalue weighted by Gasteiger charge is -2.30. The highest BCUT2D eigenvalue weighted by Crippen LogP contribution is 2.40. The number of hydrogen-bond acceptors (Lipinski definition) is 2. The lowest BCUT2D eigenvalue weighted by atomic mass is 9.97. The molecule has 0 aromatic heterocycles. The minimum Gasteiger partial charge on any atom is -0.493 e. The molecule has 0 saturated carbocycles. The van der Waals surface area contributed by atoms with Crippen LogP contribution in [0.4, 0.5) is 0 Å². The molecule has 0 amide bonds. The molecule has 84 valence electrons. The van der Waals surface area contributed by atoms with E-state index in [2.05, 4.69) is 38.1 Å². The van der Waals surface area contributed by atoms with E-state index in [1.807, 2.05) is 0 Å². The summed E-state index contributed by atoms with van der Waals surface area (Å²) in [4.78, 5) is 0. The van der Waals surface area contributed by atoms with Crippen molar-refractivity contribution in [2.75, 3.05) is 6.61 Å². The highest BCUT2D eigenvalue weighted by molar-refractivity contribution is 5.69. The Morgan fingerprint density at radius 3 is 3.00 bits per heavy atom. The van der Waals surface area contributed by atoms with Gasteiger partial charge in [0.15, 0.2) is 0 Å². The lowest BCUT2D eigenvalue weighted by Crippen LogP contribution is -2.28. The van der Waals surface area contributed by atoms with Crippen molar-refractivity contribution in [2.45, 2.75) is 32.3 Å². The van der Waals surface area contributed by atoms with Crippen LogP contribution in [-0.4, -0.2) is 12.2 Å². The second-order valence-corrected chi connectivity index (χ2v) is 4.96. The summed E-state index contributed by atoms with van der Waals surface area (Å²) in [5, 5.41) is 0. The van der Waals surface area contributed by atoms with Gasteiger partial charge in [0, 0.05) is 0 Å². The Kier molecular flexibility index (Phi) is 2.00. The smallest absolute Gasteiger partial charge is 0.133 e. The van der Waals surface area contributed by atoms with Crippen LogP contribution in [0.15, 0.2) is 18.2 Å². The van der Waals surface area contributed by atoms with Gasteiger partial charge in [-0.1, -0.05) is 6.07 Å². The predicted molar refractivity (Wildman–Crippen MR) is 64.0 cm³/mol. The van der Waals surface area contributed by atoms with Gasteiger partial charge in [0.25, 0.3) is 0 Å². The second kappa shape index (κ2) is 3.27. The Hall–Kier alpha value is -1.44. The average Bonchev–Trinajstić information content (AvgIpc) is 2.27. The van der Waals surface area contributed by atoms with Crippen molar-refractivity contribution in [3.05, 3.63) is 29.3 Å². The maximum Gasteiger partial charge on any atom is 0.133 e. The normalized spacial score (nSPS) is 20.4. The zero-order valence-electron chi connectivity index (χ0n) is 9.75. The van der Waals surface area contributed by atoms with Crippen molar-refractivity contribution in [3.8, 4) is 11.5 Å². The fourth-order valence-corrected chi connectivity index (χ4v) is 2.28. The Morgan fingerprint density at radius 2 is 2.12 bits per heavy atom. The monoisotopic (exact) mass is 216 g/mol. The van der Waals surface area contributed by atoms with E-state index >= 15 is 0 Å². The van der Waals surface area contributed by atoms with Gasteiger partial charge in [0.1, 0.15) is 17.1 Å². The van der Waals surface area contributed by atoms with Crippen LogP contribution in [-0.2, 0) is 6.42 Å². The second-order valence-electron chi connectivity index (χ2n) is 4.96. The van der Waals surface area contributed by atoms with Crippen LogP contribution >= 0.6 is 0 Å². The van der Waals surface area contributed by atoms with E-state index in [1.54, 1.807) is 0 Å². The molecule has 0 aliphatic carbocycles. The van der Waals surface area contributed by atoms with Gasteiger partial charge in [-0.3, -0.25) is 0 Å². The molecule has 3 rings (SSSR count). The van der Waals surface area contributed by atoms with Crippen molar-refractivity contribution in [1.82, 2.24) is 0 Å². The summed E-state index contributed by atoms with van der Waals surface area (Å²) in [5.74, 6) is 1.96. The molecule has 2 nitrogen and oxygen atoms in total. The largest absolute Gasteiger partial charge is 0.493 e. The van der Waals surface area contributed by atoms with E-state index in [1.165, 1.54) is 5.56 Å². The summed E-state index contributed by atoms with van der Waals surface area (Å²) < 4.78 is 11.7. The van der Waals surface area contributed by atoms with Gasteiger partial charge in [0.05, 0.1) is 12.2 Å². The Morgan fingerprint density at radius 1 is 1.25 bits per heavy atom. The van der Waals surface area contributed by atoms with Crippen LogP contribution in [0, 0.1) is 0 Å². The van der Waals surface area contributed by atoms with Crippen molar-refractivity contribution < 1.29 is 9.47 Å². The lowest BCUT2D eigenvalue weighted by molar-refractivity contribution is 0.157. The van der Waals surface area contributed by atoms with Gasteiger partial charge in [-0.15, -0.1) is 0 Å². The minimum absolute atomic E-state index is 0.212. The van der Waals surface area contributed by atoms with Gasteiger partial charge < -0.3 is 9.47 Å². The minimum atomic E-state index is -0.212. The Balaban J connectivity index is 2.12. The molecule has 1 aromatic carbocycles. The molecule has 0 fully saturated rings. The Bertz CT molecular complexity index is 458. The van der Waals surface area contributed by atoms with Crippen LogP contribution < -0.4 is 9.47 Å². The summed E-state index contributed by atoms with van der Waals surface area (Å²) in [6.45, 7) is 4.94. The number of rotatable bonds is 0. The third-order valence-corrected chi connectivity index (χ3v) is 3.10. The van der Waals surface area contributed by atoms with Crippen molar-refractivity contribution in [1.29, 1.82) is 0 Å². The molecule has 1 aromatic rings. The van der Waals surface area contributed by atoms with Crippen LogP contribution in [0.25, 0.3) is 6.08 Å². The van der Waals surface area contributed by atoms with E-state index in [-0.39, 0.29) is 5.60 Å². The first-order chi connectivity index (χ1) is 7.66. The highest BCUT2D eigenvalue weighted by atomic mass is 16.5. The summed E-state index contributed by atoms with van der Waals surface area (Å²) in [6.07, 6.45) is 6.44. The quantitative estimate of drug-likeness (QED) is 0.663. The Labute approximate surface area is 95.9 Å². The third kappa shape index (κ3) is 1.49. The molecule has 0 bridgehead atoms. The van der Waals surface area contributed by atoms with Gasteiger partial charge in [0.2, 0.25) is 0 Å². The summed E-state index contributed by atoms with van der Waals surface area (Å²) in [6, 6.07) is 4.19. The van der Waals surface area contributed by atoms with E-state index in [9.17, 15) is 0 Å². The van der Waals surface area contributed by atoms with Gasteiger partial charge in [-0.2, -0.15) is 0 Å². The van der Waals surface area contributed by atoms with Crippen LogP contribution in [0.5, 0.6) is 11.5 Å². The van der Waals surface area contributed by atoms with E-state index in [0.29, 0.717) is 0 Å². The van der Waals surface area contributed by atoms with Gasteiger partial charge in [-0.25, -0.2) is 0 Å². The van der Waals surface area contributed by atoms with E-state index < -0.39 is 0 Å². The number of fused-ring (bicyclic) bond motifs is 3. The molecule has 0 atom stereocenters. The molecule has 16 heavy (non-hydrogen) atoms. The molecule has 0 radical (unpaired) electrons.